The molecule has 5 heterocycles. The molecule has 0 spiro atoms. The normalized spacial score (nSPS) is 11.5. The molecule has 0 amide bonds. The molecule has 0 aliphatic carbocycles. The molecule has 0 saturated heterocycles. The van der Waals surface area contributed by atoms with E-state index >= 15 is 0 Å². The van der Waals surface area contributed by atoms with E-state index in [9.17, 15) is 0 Å². The van der Waals surface area contributed by atoms with Crippen LogP contribution in [0.1, 0.15) is 0 Å². The summed E-state index contributed by atoms with van der Waals surface area (Å²) in [7, 11) is 0. The van der Waals surface area contributed by atoms with Gasteiger partial charge in [0.2, 0.25) is 0 Å². The van der Waals surface area contributed by atoms with Crippen molar-refractivity contribution in [2.45, 2.75) is 0 Å². The second-order valence-corrected chi connectivity index (χ2v) is 18.4. The zero-order chi connectivity index (χ0) is 49.0. The molecule has 7 nitrogen and oxygen atoms in total. The van der Waals surface area contributed by atoms with Crippen LogP contribution in [0.2, 0.25) is 0 Å². The molecular formula is C67H42N6O. The van der Waals surface area contributed by atoms with Crippen molar-refractivity contribution in [2.24, 2.45) is 0 Å². The van der Waals surface area contributed by atoms with Gasteiger partial charge in [0.05, 0.1) is 22.4 Å². The van der Waals surface area contributed by atoms with Crippen LogP contribution in [0.25, 0.3) is 139 Å². The number of hydrogen-bond donors (Lipinski definition) is 0. The van der Waals surface area contributed by atoms with Crippen LogP contribution in [0.15, 0.2) is 259 Å². The van der Waals surface area contributed by atoms with Crippen LogP contribution in [0.3, 0.4) is 0 Å². The topological polar surface area (TPSA) is 82.5 Å². The molecule has 0 bridgehead atoms. The third kappa shape index (κ3) is 7.42. The van der Waals surface area contributed by atoms with Gasteiger partial charge in [-0.3, -0.25) is 9.97 Å². The van der Waals surface area contributed by atoms with Crippen molar-refractivity contribution in [3.05, 3.63) is 255 Å². The van der Waals surface area contributed by atoms with Crippen LogP contribution < -0.4 is 0 Å². The Kier molecular flexibility index (Phi) is 10.4. The number of nitrogens with zero attached hydrogens (tertiary/aromatic N) is 6. The fourth-order valence-corrected chi connectivity index (χ4v) is 10.6. The van der Waals surface area contributed by atoms with Crippen LogP contribution in [-0.4, -0.2) is 29.5 Å². The molecule has 0 fully saturated rings. The van der Waals surface area contributed by atoms with E-state index in [1.807, 2.05) is 73.1 Å². The number of benzene rings is 9. The number of para-hydroxylation sites is 2. The first-order valence-corrected chi connectivity index (χ1v) is 24.7. The summed E-state index contributed by atoms with van der Waals surface area (Å²) in [6.45, 7) is 0. The van der Waals surface area contributed by atoms with Gasteiger partial charge in [-0.25, -0.2) is 15.0 Å². The summed E-state index contributed by atoms with van der Waals surface area (Å²) >= 11 is 0. The lowest BCUT2D eigenvalue weighted by molar-refractivity contribution is 0.669. The molecule has 346 valence electrons. The van der Waals surface area contributed by atoms with Crippen molar-refractivity contribution < 1.29 is 4.42 Å². The molecule has 5 aromatic heterocycles. The molecule has 14 aromatic rings. The Balaban J connectivity index is 0.970. The van der Waals surface area contributed by atoms with Crippen LogP contribution in [0, 0.1) is 0 Å². The predicted octanol–water partition coefficient (Wildman–Crippen LogP) is 17.0. The average molecular weight is 947 g/mol. The molecule has 0 aliphatic heterocycles. The number of hydrogen-bond acceptors (Lipinski definition) is 6. The standard InChI is InChI=1S/C67H42N6O/c1-6-19-43(20-7-1)51-30-18-31-52(44-21-8-2-9-22-44)61(51)48-33-35-56(68-41-48)49-40-55(67-71-65(45-23-10-3-11-24-45)70-66(72-67)46-25-12-4-13-26-46)64(69-42-49)47-34-37-59-54(39-47)63-60(74-59)38-36-58-62(63)53-29-16-17-32-57(53)73(58)50-27-14-5-15-28-50/h1-42H. The first kappa shape index (κ1) is 42.7. The van der Waals surface area contributed by atoms with E-state index in [0.29, 0.717) is 23.2 Å². The molecular weight excluding hydrogens is 905 g/mol. The lowest BCUT2D eigenvalue weighted by Crippen LogP contribution is -2.02. The highest BCUT2D eigenvalue weighted by molar-refractivity contribution is 6.27. The molecule has 0 aliphatic rings. The average Bonchev–Trinajstić information content (AvgIpc) is 4.05. The summed E-state index contributed by atoms with van der Waals surface area (Å²) in [5.74, 6) is 1.62. The van der Waals surface area contributed by atoms with Gasteiger partial charge in [-0.05, 0) is 88.5 Å². The molecule has 0 N–H and O–H groups in total. The fourth-order valence-electron chi connectivity index (χ4n) is 10.6. The minimum atomic E-state index is 0.494. The van der Waals surface area contributed by atoms with Crippen molar-refractivity contribution in [3.63, 3.8) is 0 Å². The Bertz CT molecular complexity index is 4270. The van der Waals surface area contributed by atoms with Gasteiger partial charge in [0.25, 0.3) is 0 Å². The van der Waals surface area contributed by atoms with E-state index < -0.39 is 0 Å². The second kappa shape index (κ2) is 17.9. The maximum Gasteiger partial charge on any atom is 0.166 e. The smallest absolute Gasteiger partial charge is 0.166 e. The largest absolute Gasteiger partial charge is 0.456 e. The predicted molar refractivity (Wildman–Crippen MR) is 301 cm³/mol. The molecule has 0 unspecified atom stereocenters. The SMILES string of the molecule is c1ccc(-c2nc(-c3ccccc3)nc(-c3cc(-c4ccc(-c5c(-c6ccccc6)cccc5-c5ccccc5)cn4)cnc3-c3ccc4oc5ccc6c(c7ccccc7n6-c6ccccc6)c5c4c3)n2)cc1. The summed E-state index contributed by atoms with van der Waals surface area (Å²) in [6.07, 6.45) is 3.89. The van der Waals surface area contributed by atoms with Gasteiger partial charge in [0, 0.05) is 73.0 Å². The van der Waals surface area contributed by atoms with Crippen molar-refractivity contribution in [1.82, 2.24) is 29.5 Å². The maximum absolute atomic E-state index is 6.67. The highest BCUT2D eigenvalue weighted by Gasteiger charge is 2.23. The van der Waals surface area contributed by atoms with Crippen LogP contribution in [0.4, 0.5) is 0 Å². The van der Waals surface area contributed by atoms with Crippen LogP contribution >= 0.6 is 0 Å². The van der Waals surface area contributed by atoms with E-state index in [2.05, 4.69) is 187 Å². The van der Waals surface area contributed by atoms with Gasteiger partial charge < -0.3 is 8.98 Å². The molecule has 9 aromatic carbocycles. The third-order valence-corrected chi connectivity index (χ3v) is 14.0. The summed E-state index contributed by atoms with van der Waals surface area (Å²) in [5, 5.41) is 4.33. The number of fused-ring (bicyclic) bond motifs is 7. The first-order valence-electron chi connectivity index (χ1n) is 24.7. The van der Waals surface area contributed by atoms with Crippen molar-refractivity contribution >= 4 is 43.7 Å². The number of rotatable bonds is 9. The number of pyridine rings is 2. The zero-order valence-electron chi connectivity index (χ0n) is 39.8. The maximum atomic E-state index is 6.67. The zero-order valence-corrected chi connectivity index (χ0v) is 39.8. The van der Waals surface area contributed by atoms with Crippen molar-refractivity contribution in [2.75, 3.05) is 0 Å². The lowest BCUT2D eigenvalue weighted by atomic mass is 9.88. The minimum absolute atomic E-state index is 0.494. The Morgan fingerprint density at radius 1 is 0.324 bits per heavy atom. The van der Waals surface area contributed by atoms with Crippen molar-refractivity contribution in [1.29, 1.82) is 0 Å². The summed E-state index contributed by atoms with van der Waals surface area (Å²) in [6, 6.07) is 83.9. The minimum Gasteiger partial charge on any atom is -0.456 e. The molecule has 0 atom stereocenters. The van der Waals surface area contributed by atoms with Gasteiger partial charge in [-0.1, -0.05) is 182 Å². The highest BCUT2D eigenvalue weighted by atomic mass is 16.3. The van der Waals surface area contributed by atoms with Gasteiger partial charge in [0.15, 0.2) is 17.5 Å². The second-order valence-electron chi connectivity index (χ2n) is 18.4. The summed E-state index contributed by atoms with van der Waals surface area (Å²) in [5.41, 5.74) is 17.3. The van der Waals surface area contributed by atoms with Crippen LogP contribution in [0.5, 0.6) is 0 Å². The van der Waals surface area contributed by atoms with Crippen LogP contribution in [-0.2, 0) is 0 Å². The summed E-state index contributed by atoms with van der Waals surface area (Å²) in [4.78, 5) is 26.1. The Morgan fingerprint density at radius 3 is 1.51 bits per heavy atom. The van der Waals surface area contributed by atoms with Gasteiger partial charge in [-0.2, -0.15) is 0 Å². The molecule has 0 radical (unpaired) electrons. The molecule has 74 heavy (non-hydrogen) atoms. The molecule has 7 heteroatoms. The first-order chi connectivity index (χ1) is 36.7. The summed E-state index contributed by atoms with van der Waals surface area (Å²) < 4.78 is 9.01. The molecule has 14 rings (SSSR count). The van der Waals surface area contributed by atoms with Gasteiger partial charge >= 0.3 is 0 Å². The highest BCUT2D eigenvalue weighted by Crippen LogP contribution is 2.44. The Hall–Kier alpha value is -10.1. The third-order valence-electron chi connectivity index (χ3n) is 14.0. The Morgan fingerprint density at radius 2 is 0.878 bits per heavy atom. The van der Waals surface area contributed by atoms with E-state index in [0.717, 1.165) is 116 Å². The molecule has 0 saturated carbocycles. The van der Waals surface area contributed by atoms with E-state index in [4.69, 9.17) is 29.3 Å². The van der Waals surface area contributed by atoms with E-state index in [1.165, 1.54) is 0 Å². The lowest BCUT2D eigenvalue weighted by Gasteiger charge is -2.16. The number of furan rings is 1. The Labute approximate surface area is 426 Å². The van der Waals surface area contributed by atoms with E-state index in [1.54, 1.807) is 0 Å². The fraction of sp³-hybridized carbons (Fsp3) is 0. The van der Waals surface area contributed by atoms with E-state index in [-0.39, 0.29) is 0 Å². The monoisotopic (exact) mass is 946 g/mol. The number of aromatic nitrogens is 6. The van der Waals surface area contributed by atoms with Gasteiger partial charge in [-0.15, -0.1) is 0 Å². The quantitative estimate of drug-likeness (QED) is 0.143. The van der Waals surface area contributed by atoms with Gasteiger partial charge in [0.1, 0.15) is 11.2 Å². The van der Waals surface area contributed by atoms with Crippen molar-refractivity contribution in [3.8, 4) is 95.7 Å².